The quantitative estimate of drug-likeness (QED) is 0.685. The Kier molecular flexibility index (Phi) is 2.90. The van der Waals surface area contributed by atoms with E-state index in [-0.39, 0.29) is 0 Å². The van der Waals surface area contributed by atoms with Gasteiger partial charge in [-0.05, 0) is 21.0 Å². The average molecular weight is 216 g/mol. The molecule has 0 aromatic rings. The second-order valence-electron chi connectivity index (χ2n) is 3.17. The van der Waals surface area contributed by atoms with E-state index in [4.69, 9.17) is 0 Å². The maximum absolute atomic E-state index is 3.55. The molecule has 0 heterocycles. The molecule has 1 nitrogen and oxygen atoms in total. The van der Waals surface area contributed by atoms with Gasteiger partial charge in [0.15, 0.2) is 0 Å². The van der Waals surface area contributed by atoms with Crippen molar-refractivity contribution < 1.29 is 0 Å². The Morgan fingerprint density at radius 1 is 1.55 bits per heavy atom. The van der Waals surface area contributed by atoms with Crippen LogP contribution in [0.25, 0.3) is 0 Å². The van der Waals surface area contributed by atoms with Crippen LogP contribution in [0.5, 0.6) is 0 Å². The van der Waals surface area contributed by atoms with E-state index in [9.17, 15) is 0 Å². The molecule has 0 saturated heterocycles. The van der Waals surface area contributed by atoms with Crippen LogP contribution in [-0.4, -0.2) is 25.0 Å². The molecule has 2 unspecified atom stereocenters. The first-order valence-corrected chi connectivity index (χ1v) is 4.62. The van der Waals surface area contributed by atoms with Gasteiger partial charge < -0.3 is 4.90 Å². The summed E-state index contributed by atoms with van der Waals surface area (Å²) in [4.78, 5) is 2.23. The average Bonchev–Trinajstić information content (AvgIpc) is 2.33. The first-order valence-electron chi connectivity index (χ1n) is 3.83. The summed E-state index contributed by atoms with van der Waals surface area (Å²) in [5, 5.41) is 0. The van der Waals surface area contributed by atoms with Crippen LogP contribution >= 0.6 is 15.9 Å². The van der Waals surface area contributed by atoms with Crippen molar-refractivity contribution >= 4 is 15.9 Å². The Morgan fingerprint density at radius 3 is 2.55 bits per heavy atom. The van der Waals surface area contributed by atoms with Crippen LogP contribution in [0, 0.1) is 5.92 Å². The molecule has 0 spiro atoms. The van der Waals surface area contributed by atoms with E-state index in [1.165, 1.54) is 4.48 Å². The topological polar surface area (TPSA) is 3.24 Å². The Balaban J connectivity index is 2.62. The lowest BCUT2D eigenvalue weighted by molar-refractivity contribution is 0.281. The minimum absolute atomic E-state index is 0.546. The first-order chi connectivity index (χ1) is 5.13. The number of nitrogens with zero attached hydrogens (tertiary/aromatic N) is 1. The highest BCUT2D eigenvalue weighted by molar-refractivity contribution is 9.11. The van der Waals surface area contributed by atoms with Crippen LogP contribution in [-0.2, 0) is 0 Å². The van der Waals surface area contributed by atoms with Crippen LogP contribution < -0.4 is 0 Å². The van der Waals surface area contributed by atoms with Crippen LogP contribution in [0.15, 0.2) is 22.7 Å². The molecule has 1 aliphatic carbocycles. The van der Waals surface area contributed by atoms with Gasteiger partial charge in [0, 0.05) is 16.4 Å². The Hall–Kier alpha value is -0.0800. The highest BCUT2D eigenvalue weighted by Gasteiger charge is 2.20. The SMILES string of the molecule is CC(C1C=CC=C1Br)N(C)C. The second kappa shape index (κ2) is 3.55. The zero-order valence-corrected chi connectivity index (χ0v) is 8.80. The predicted molar refractivity (Wildman–Crippen MR) is 52.8 cm³/mol. The van der Waals surface area contributed by atoms with Gasteiger partial charge in [-0.25, -0.2) is 0 Å². The zero-order chi connectivity index (χ0) is 8.43. The van der Waals surface area contributed by atoms with Gasteiger partial charge in [-0.2, -0.15) is 0 Å². The standard InChI is InChI=1S/C9H14BrN/c1-7(11(2)3)8-5-4-6-9(8)10/h4-8H,1-3H3. The molecule has 11 heavy (non-hydrogen) atoms. The maximum atomic E-state index is 3.55. The summed E-state index contributed by atoms with van der Waals surface area (Å²) < 4.78 is 1.29. The van der Waals surface area contributed by atoms with Gasteiger partial charge in [-0.15, -0.1) is 0 Å². The maximum Gasteiger partial charge on any atom is 0.0241 e. The van der Waals surface area contributed by atoms with E-state index in [0.717, 1.165) is 0 Å². The van der Waals surface area contributed by atoms with Crippen molar-refractivity contribution in [2.45, 2.75) is 13.0 Å². The molecule has 0 aliphatic heterocycles. The number of rotatable bonds is 2. The van der Waals surface area contributed by atoms with Gasteiger partial charge in [0.05, 0.1) is 0 Å². The van der Waals surface area contributed by atoms with E-state index < -0.39 is 0 Å². The molecule has 1 aliphatic rings. The first kappa shape index (κ1) is 9.01. The van der Waals surface area contributed by atoms with Gasteiger partial charge in [-0.1, -0.05) is 34.2 Å². The highest BCUT2D eigenvalue weighted by atomic mass is 79.9. The Bertz CT molecular complexity index is 194. The molecule has 62 valence electrons. The molecule has 1 rings (SSSR count). The minimum atomic E-state index is 0.546. The molecular weight excluding hydrogens is 202 g/mol. The molecule has 0 aromatic carbocycles. The summed E-state index contributed by atoms with van der Waals surface area (Å²) in [6.07, 6.45) is 6.45. The van der Waals surface area contributed by atoms with Crippen molar-refractivity contribution in [2.75, 3.05) is 14.1 Å². The minimum Gasteiger partial charge on any atom is -0.306 e. The molecule has 0 saturated carbocycles. The summed E-state index contributed by atoms with van der Waals surface area (Å²) in [7, 11) is 4.22. The highest BCUT2D eigenvalue weighted by Crippen LogP contribution is 2.28. The van der Waals surface area contributed by atoms with Crippen LogP contribution in [0.1, 0.15) is 6.92 Å². The van der Waals surface area contributed by atoms with Crippen molar-refractivity contribution in [3.05, 3.63) is 22.7 Å². The van der Waals surface area contributed by atoms with E-state index >= 15 is 0 Å². The van der Waals surface area contributed by atoms with Gasteiger partial charge in [0.1, 0.15) is 0 Å². The van der Waals surface area contributed by atoms with Crippen molar-refractivity contribution in [1.29, 1.82) is 0 Å². The zero-order valence-electron chi connectivity index (χ0n) is 7.21. The van der Waals surface area contributed by atoms with Gasteiger partial charge in [-0.3, -0.25) is 0 Å². The number of allylic oxidation sites excluding steroid dienone is 2. The van der Waals surface area contributed by atoms with Gasteiger partial charge in [0.2, 0.25) is 0 Å². The normalized spacial score (nSPS) is 25.9. The van der Waals surface area contributed by atoms with E-state index in [1.54, 1.807) is 0 Å². The fourth-order valence-corrected chi connectivity index (χ4v) is 1.87. The summed E-state index contributed by atoms with van der Waals surface area (Å²) in [5.74, 6) is 0.546. The smallest absolute Gasteiger partial charge is 0.0241 e. The fourth-order valence-electron chi connectivity index (χ4n) is 1.18. The number of halogens is 1. The molecule has 0 aromatic heterocycles. The van der Waals surface area contributed by atoms with E-state index in [2.05, 4.69) is 60.1 Å². The third-order valence-electron chi connectivity index (χ3n) is 2.23. The number of hydrogen-bond donors (Lipinski definition) is 0. The van der Waals surface area contributed by atoms with Crippen LogP contribution in [0.2, 0.25) is 0 Å². The number of hydrogen-bond acceptors (Lipinski definition) is 1. The lowest BCUT2D eigenvalue weighted by Crippen LogP contribution is -2.30. The summed E-state index contributed by atoms with van der Waals surface area (Å²) in [5.41, 5.74) is 0. The van der Waals surface area contributed by atoms with Crippen LogP contribution in [0.4, 0.5) is 0 Å². The third kappa shape index (κ3) is 1.94. The van der Waals surface area contributed by atoms with Crippen LogP contribution in [0.3, 0.4) is 0 Å². The van der Waals surface area contributed by atoms with E-state index in [1.807, 2.05) is 0 Å². The summed E-state index contributed by atoms with van der Waals surface area (Å²) in [6.45, 7) is 2.23. The molecule has 0 N–H and O–H groups in total. The van der Waals surface area contributed by atoms with Gasteiger partial charge >= 0.3 is 0 Å². The molecule has 2 atom stereocenters. The Morgan fingerprint density at radius 2 is 2.18 bits per heavy atom. The lowest BCUT2D eigenvalue weighted by atomic mass is 10.0. The van der Waals surface area contributed by atoms with Crippen molar-refractivity contribution in [3.63, 3.8) is 0 Å². The largest absolute Gasteiger partial charge is 0.306 e. The Labute approximate surface area is 76.9 Å². The van der Waals surface area contributed by atoms with Gasteiger partial charge in [0.25, 0.3) is 0 Å². The molecular formula is C9H14BrN. The second-order valence-corrected chi connectivity index (χ2v) is 4.08. The summed E-state index contributed by atoms with van der Waals surface area (Å²) in [6, 6.07) is 0.569. The molecule has 0 radical (unpaired) electrons. The van der Waals surface area contributed by atoms with Crippen molar-refractivity contribution in [3.8, 4) is 0 Å². The molecule has 0 bridgehead atoms. The van der Waals surface area contributed by atoms with Crippen molar-refractivity contribution in [2.24, 2.45) is 5.92 Å². The molecule has 0 amide bonds. The van der Waals surface area contributed by atoms with Crippen molar-refractivity contribution in [1.82, 2.24) is 4.90 Å². The predicted octanol–water partition coefficient (Wildman–Crippen LogP) is 2.40. The third-order valence-corrected chi connectivity index (χ3v) is 3.02. The molecule has 0 fully saturated rings. The monoisotopic (exact) mass is 215 g/mol. The lowest BCUT2D eigenvalue weighted by Gasteiger charge is -2.25. The summed E-state index contributed by atoms with van der Waals surface area (Å²) >= 11 is 3.55. The van der Waals surface area contributed by atoms with E-state index in [0.29, 0.717) is 12.0 Å². The fraction of sp³-hybridized carbons (Fsp3) is 0.556. The molecule has 2 heteroatoms.